The van der Waals surface area contributed by atoms with Gasteiger partial charge in [0, 0.05) is 16.6 Å². The largest absolute Gasteiger partial charge is 0.496 e. The fourth-order valence-corrected chi connectivity index (χ4v) is 3.84. The number of aliphatic hydroxyl groups is 1. The van der Waals surface area contributed by atoms with Crippen molar-refractivity contribution in [3.63, 3.8) is 0 Å². The SMILES string of the molecule is COc1ccc(Br)cc1CS(=O)(=O)C[C@H](C)CO. The van der Waals surface area contributed by atoms with Crippen LogP contribution >= 0.6 is 15.9 Å². The molecule has 1 N–H and O–H groups in total. The Morgan fingerprint density at radius 1 is 1.44 bits per heavy atom. The van der Waals surface area contributed by atoms with E-state index >= 15 is 0 Å². The number of hydrogen-bond donors (Lipinski definition) is 1. The number of aliphatic hydroxyl groups excluding tert-OH is 1. The zero-order chi connectivity index (χ0) is 13.8. The first kappa shape index (κ1) is 15.5. The summed E-state index contributed by atoms with van der Waals surface area (Å²) in [7, 11) is -1.75. The molecular formula is C12H17BrO4S. The van der Waals surface area contributed by atoms with E-state index in [1.165, 1.54) is 7.11 Å². The van der Waals surface area contributed by atoms with Crippen LogP contribution in [0.4, 0.5) is 0 Å². The molecule has 0 fully saturated rings. The van der Waals surface area contributed by atoms with E-state index in [1.807, 2.05) is 0 Å². The van der Waals surface area contributed by atoms with Crippen LogP contribution in [0.1, 0.15) is 12.5 Å². The van der Waals surface area contributed by atoms with Crippen molar-refractivity contribution in [3.8, 4) is 5.75 Å². The van der Waals surface area contributed by atoms with E-state index in [1.54, 1.807) is 25.1 Å². The summed E-state index contributed by atoms with van der Waals surface area (Å²) in [5, 5.41) is 8.91. The molecule has 0 radical (unpaired) electrons. The van der Waals surface area contributed by atoms with Crippen molar-refractivity contribution in [1.82, 2.24) is 0 Å². The average Bonchev–Trinajstić information content (AvgIpc) is 2.28. The van der Waals surface area contributed by atoms with Gasteiger partial charge >= 0.3 is 0 Å². The van der Waals surface area contributed by atoms with Crippen molar-refractivity contribution in [3.05, 3.63) is 28.2 Å². The van der Waals surface area contributed by atoms with Gasteiger partial charge in [0.05, 0.1) is 18.6 Å². The van der Waals surface area contributed by atoms with E-state index in [4.69, 9.17) is 9.84 Å². The van der Waals surface area contributed by atoms with Crippen LogP contribution < -0.4 is 4.74 Å². The summed E-state index contributed by atoms with van der Waals surface area (Å²) in [5.41, 5.74) is 0.622. The minimum absolute atomic E-state index is 0.0286. The molecule has 102 valence electrons. The van der Waals surface area contributed by atoms with Gasteiger partial charge in [-0.2, -0.15) is 0 Å². The van der Waals surface area contributed by atoms with Gasteiger partial charge in [0.15, 0.2) is 9.84 Å². The zero-order valence-electron chi connectivity index (χ0n) is 10.4. The highest BCUT2D eigenvalue weighted by atomic mass is 79.9. The molecule has 0 heterocycles. The van der Waals surface area contributed by atoms with Gasteiger partial charge < -0.3 is 9.84 Å². The molecule has 18 heavy (non-hydrogen) atoms. The predicted octanol–water partition coefficient (Wildman–Crippen LogP) is 2.00. The molecule has 0 bridgehead atoms. The first-order valence-electron chi connectivity index (χ1n) is 5.51. The van der Waals surface area contributed by atoms with Crippen molar-refractivity contribution >= 4 is 25.8 Å². The lowest BCUT2D eigenvalue weighted by molar-refractivity contribution is 0.249. The van der Waals surface area contributed by atoms with Gasteiger partial charge in [-0.25, -0.2) is 8.42 Å². The third-order valence-corrected chi connectivity index (χ3v) is 4.79. The molecule has 0 aliphatic carbocycles. The van der Waals surface area contributed by atoms with Crippen molar-refractivity contribution < 1.29 is 18.3 Å². The number of rotatable bonds is 6. The first-order chi connectivity index (χ1) is 8.38. The molecule has 0 spiro atoms. The standard InChI is InChI=1S/C12H17BrO4S/c1-9(6-14)7-18(15,16)8-10-5-11(13)3-4-12(10)17-2/h3-5,9,14H,6-8H2,1-2H3/t9-/m1/s1. The van der Waals surface area contributed by atoms with Gasteiger partial charge in [0.2, 0.25) is 0 Å². The van der Waals surface area contributed by atoms with E-state index in [0.717, 1.165) is 4.47 Å². The Balaban J connectivity index is 2.93. The van der Waals surface area contributed by atoms with E-state index in [9.17, 15) is 8.42 Å². The molecule has 6 heteroatoms. The van der Waals surface area contributed by atoms with Crippen LogP contribution in [0.5, 0.6) is 5.75 Å². The monoisotopic (exact) mass is 336 g/mol. The average molecular weight is 337 g/mol. The third-order valence-electron chi connectivity index (χ3n) is 2.47. The van der Waals surface area contributed by atoms with Gasteiger partial charge in [-0.3, -0.25) is 0 Å². The lowest BCUT2D eigenvalue weighted by Gasteiger charge is -2.12. The summed E-state index contributed by atoms with van der Waals surface area (Å²) in [5.74, 6) is 0.186. The van der Waals surface area contributed by atoms with Gasteiger partial charge in [0.25, 0.3) is 0 Å². The second-order valence-corrected chi connectivity index (χ2v) is 7.32. The number of hydrogen-bond acceptors (Lipinski definition) is 4. The summed E-state index contributed by atoms with van der Waals surface area (Å²) in [6.45, 7) is 1.57. The molecule has 1 atom stereocenters. The first-order valence-corrected chi connectivity index (χ1v) is 8.13. The van der Waals surface area contributed by atoms with Crippen LogP contribution in [0, 0.1) is 5.92 Å². The van der Waals surface area contributed by atoms with Crippen LogP contribution in [0.25, 0.3) is 0 Å². The maximum atomic E-state index is 12.0. The highest BCUT2D eigenvalue weighted by Gasteiger charge is 2.18. The Hall–Kier alpha value is -0.590. The maximum absolute atomic E-state index is 12.0. The summed E-state index contributed by atoms with van der Waals surface area (Å²) < 4.78 is 29.9. The van der Waals surface area contributed by atoms with Crippen molar-refractivity contribution in [2.24, 2.45) is 5.92 Å². The number of benzene rings is 1. The lowest BCUT2D eigenvalue weighted by Crippen LogP contribution is -2.18. The minimum atomic E-state index is -3.26. The van der Waals surface area contributed by atoms with Crippen molar-refractivity contribution in [2.45, 2.75) is 12.7 Å². The Morgan fingerprint density at radius 2 is 2.11 bits per heavy atom. The molecule has 0 saturated carbocycles. The molecule has 0 aliphatic heterocycles. The quantitative estimate of drug-likeness (QED) is 0.862. The van der Waals surface area contributed by atoms with E-state index < -0.39 is 9.84 Å². The molecule has 1 aromatic rings. The van der Waals surface area contributed by atoms with E-state index in [2.05, 4.69) is 15.9 Å². The highest BCUT2D eigenvalue weighted by molar-refractivity contribution is 9.10. The molecule has 0 saturated heterocycles. The normalized spacial score (nSPS) is 13.3. The van der Waals surface area contributed by atoms with Gasteiger partial charge in [0.1, 0.15) is 5.75 Å². The maximum Gasteiger partial charge on any atom is 0.154 e. The van der Waals surface area contributed by atoms with Crippen LogP contribution in [0.2, 0.25) is 0 Å². The Kier molecular flexibility index (Phi) is 5.62. The number of methoxy groups -OCH3 is 1. The Morgan fingerprint density at radius 3 is 2.67 bits per heavy atom. The van der Waals surface area contributed by atoms with E-state index in [0.29, 0.717) is 11.3 Å². The topological polar surface area (TPSA) is 63.6 Å². The molecule has 4 nitrogen and oxygen atoms in total. The molecule has 0 aromatic heterocycles. The van der Waals surface area contributed by atoms with E-state index in [-0.39, 0.29) is 24.0 Å². The zero-order valence-corrected chi connectivity index (χ0v) is 12.8. The third kappa shape index (κ3) is 4.59. The summed E-state index contributed by atoms with van der Waals surface area (Å²) in [6.07, 6.45) is 0. The molecule has 0 amide bonds. The second kappa shape index (κ2) is 6.54. The lowest BCUT2D eigenvalue weighted by atomic mass is 10.2. The molecule has 0 unspecified atom stereocenters. The van der Waals surface area contributed by atoms with Crippen LogP contribution in [-0.4, -0.2) is 33.0 Å². The molecule has 0 aliphatic rings. The number of sulfone groups is 1. The fourth-order valence-electron chi connectivity index (χ4n) is 1.64. The fraction of sp³-hybridized carbons (Fsp3) is 0.500. The van der Waals surface area contributed by atoms with Crippen molar-refractivity contribution in [1.29, 1.82) is 0 Å². The molecular weight excluding hydrogens is 320 g/mol. The van der Waals surface area contributed by atoms with Crippen molar-refractivity contribution in [2.75, 3.05) is 19.5 Å². The van der Waals surface area contributed by atoms with Crippen LogP contribution in [-0.2, 0) is 15.6 Å². The highest BCUT2D eigenvalue weighted by Crippen LogP contribution is 2.25. The summed E-state index contributed by atoms with van der Waals surface area (Å²) >= 11 is 3.31. The Labute approximate surface area is 116 Å². The minimum Gasteiger partial charge on any atom is -0.496 e. The number of ether oxygens (including phenoxy) is 1. The van der Waals surface area contributed by atoms with Gasteiger partial charge in [-0.1, -0.05) is 22.9 Å². The van der Waals surface area contributed by atoms with Gasteiger partial charge in [-0.15, -0.1) is 0 Å². The number of halogens is 1. The smallest absolute Gasteiger partial charge is 0.154 e. The molecule has 1 aromatic carbocycles. The summed E-state index contributed by atoms with van der Waals surface area (Å²) in [6, 6.07) is 5.26. The van der Waals surface area contributed by atoms with Crippen LogP contribution in [0.3, 0.4) is 0 Å². The summed E-state index contributed by atoms with van der Waals surface area (Å²) in [4.78, 5) is 0. The van der Waals surface area contributed by atoms with Gasteiger partial charge in [-0.05, 0) is 24.1 Å². The molecule has 1 rings (SSSR count). The Bertz CT molecular complexity index is 499. The second-order valence-electron chi connectivity index (χ2n) is 4.30. The predicted molar refractivity (Wildman–Crippen MR) is 74.4 cm³/mol. The van der Waals surface area contributed by atoms with Crippen LogP contribution in [0.15, 0.2) is 22.7 Å².